The summed E-state index contributed by atoms with van der Waals surface area (Å²) in [5.41, 5.74) is 0. The molecule has 0 aliphatic heterocycles. The monoisotopic (exact) mass is 304 g/mol. The Hall–Kier alpha value is -0.920. The first-order valence-corrected chi connectivity index (χ1v) is 8.58. The van der Waals surface area contributed by atoms with E-state index in [9.17, 15) is 13.2 Å². The maximum atomic E-state index is 11.9. The van der Waals surface area contributed by atoms with Gasteiger partial charge in [-0.2, -0.15) is 0 Å². The van der Waals surface area contributed by atoms with Gasteiger partial charge in [0.25, 0.3) is 0 Å². The summed E-state index contributed by atoms with van der Waals surface area (Å²) < 4.78 is 22.5. The molecular formula is C12H20N2O3S2. The Morgan fingerprint density at radius 2 is 1.95 bits per heavy atom. The summed E-state index contributed by atoms with van der Waals surface area (Å²) in [5.74, 6) is 0.00294. The molecule has 1 heterocycles. The van der Waals surface area contributed by atoms with Crippen LogP contribution < -0.4 is 10.5 Å². The Bertz CT molecular complexity index is 533. The van der Waals surface area contributed by atoms with Crippen molar-refractivity contribution in [3.05, 3.63) is 17.0 Å². The second-order valence-corrected chi connectivity index (χ2v) is 7.35. The summed E-state index contributed by atoms with van der Waals surface area (Å²) in [6.07, 6.45) is 1.59. The smallest absolute Gasteiger partial charge is 0.247 e. The van der Waals surface area contributed by atoms with Gasteiger partial charge in [0.1, 0.15) is 4.21 Å². The highest BCUT2D eigenvalue weighted by Crippen LogP contribution is 2.26. The third-order valence-corrected chi connectivity index (χ3v) is 5.73. The minimum absolute atomic E-state index is 0.000115. The van der Waals surface area contributed by atoms with Gasteiger partial charge in [0.2, 0.25) is 15.9 Å². The van der Waals surface area contributed by atoms with Gasteiger partial charge in [-0.15, -0.1) is 11.3 Å². The van der Waals surface area contributed by atoms with E-state index in [0.29, 0.717) is 0 Å². The topological polar surface area (TPSA) is 89.3 Å². The first kappa shape index (κ1) is 16.1. The summed E-state index contributed by atoms with van der Waals surface area (Å²) in [6, 6.07) is 2.94. The molecule has 0 aliphatic carbocycles. The van der Waals surface area contributed by atoms with Gasteiger partial charge in [-0.3, -0.25) is 4.79 Å². The number of carbonyl (C=O) groups is 1. The average molecular weight is 304 g/mol. The summed E-state index contributed by atoms with van der Waals surface area (Å²) in [4.78, 5) is 12.7. The van der Waals surface area contributed by atoms with Crippen LogP contribution in [-0.2, 0) is 14.8 Å². The molecule has 0 aliphatic rings. The number of rotatable bonds is 6. The van der Waals surface area contributed by atoms with Crippen molar-refractivity contribution in [2.75, 3.05) is 0 Å². The van der Waals surface area contributed by atoms with Gasteiger partial charge in [0.05, 0.1) is 6.04 Å². The van der Waals surface area contributed by atoms with Crippen molar-refractivity contribution in [2.24, 2.45) is 11.1 Å². The van der Waals surface area contributed by atoms with Crippen molar-refractivity contribution in [1.29, 1.82) is 0 Å². The minimum atomic E-state index is -3.66. The lowest BCUT2D eigenvalue weighted by Gasteiger charge is -2.17. The molecule has 0 bridgehead atoms. The lowest BCUT2D eigenvalue weighted by Crippen LogP contribution is -2.31. The quantitative estimate of drug-likeness (QED) is 0.842. The van der Waals surface area contributed by atoms with Crippen molar-refractivity contribution in [3.63, 3.8) is 0 Å². The Morgan fingerprint density at radius 3 is 2.37 bits per heavy atom. The van der Waals surface area contributed by atoms with Crippen molar-refractivity contribution >= 4 is 27.3 Å². The number of sulfonamides is 1. The van der Waals surface area contributed by atoms with Crippen LogP contribution >= 0.6 is 11.3 Å². The molecule has 0 aromatic carbocycles. The van der Waals surface area contributed by atoms with Crippen molar-refractivity contribution in [3.8, 4) is 0 Å². The maximum Gasteiger partial charge on any atom is 0.247 e. The lowest BCUT2D eigenvalue weighted by molar-refractivity contribution is -0.125. The summed E-state index contributed by atoms with van der Waals surface area (Å²) in [6.45, 7) is 5.78. The molecule has 19 heavy (non-hydrogen) atoms. The molecular weight excluding hydrogens is 284 g/mol. The van der Waals surface area contributed by atoms with Gasteiger partial charge in [-0.1, -0.05) is 13.8 Å². The van der Waals surface area contributed by atoms with Gasteiger partial charge < -0.3 is 5.32 Å². The second-order valence-electron chi connectivity index (χ2n) is 4.45. The molecule has 1 rings (SSSR count). The Balaban J connectivity index is 2.76. The number of amides is 1. The number of primary sulfonamides is 1. The van der Waals surface area contributed by atoms with E-state index in [-0.39, 0.29) is 22.1 Å². The van der Waals surface area contributed by atoms with Gasteiger partial charge in [-0.25, -0.2) is 13.6 Å². The van der Waals surface area contributed by atoms with Gasteiger partial charge in [0.15, 0.2) is 0 Å². The molecule has 0 radical (unpaired) electrons. The van der Waals surface area contributed by atoms with Crippen molar-refractivity contribution in [1.82, 2.24) is 5.32 Å². The van der Waals surface area contributed by atoms with Crippen LogP contribution in [0, 0.1) is 5.92 Å². The van der Waals surface area contributed by atoms with Crippen LogP contribution in [0.1, 0.15) is 44.5 Å². The molecule has 1 atom stereocenters. The predicted molar refractivity (Wildman–Crippen MR) is 76.3 cm³/mol. The highest BCUT2D eigenvalue weighted by Gasteiger charge is 2.19. The van der Waals surface area contributed by atoms with Gasteiger partial charge in [-0.05, 0) is 31.9 Å². The molecule has 0 saturated heterocycles. The molecule has 1 unspecified atom stereocenters. The maximum absolute atomic E-state index is 11.9. The van der Waals surface area contributed by atoms with Crippen LogP contribution in [0.2, 0.25) is 0 Å². The summed E-state index contributed by atoms with van der Waals surface area (Å²) in [5, 5.41) is 7.96. The normalized spacial score (nSPS) is 13.5. The molecule has 5 nitrogen and oxygen atoms in total. The van der Waals surface area contributed by atoms with E-state index in [1.54, 1.807) is 6.07 Å². The van der Waals surface area contributed by atoms with E-state index in [2.05, 4.69) is 5.32 Å². The molecule has 1 amide bonds. The molecule has 0 fully saturated rings. The molecule has 1 aromatic rings. The SMILES string of the molecule is CCC(CC)C(=O)NC(C)c1ccc(S(N)(=O)=O)s1. The number of hydrogen-bond acceptors (Lipinski definition) is 4. The fourth-order valence-corrected chi connectivity index (χ4v) is 3.53. The third-order valence-electron chi connectivity index (χ3n) is 3.02. The zero-order chi connectivity index (χ0) is 14.6. The van der Waals surface area contributed by atoms with E-state index in [4.69, 9.17) is 5.14 Å². The highest BCUT2D eigenvalue weighted by atomic mass is 32.2. The van der Waals surface area contributed by atoms with Crippen LogP contribution in [0.15, 0.2) is 16.3 Å². The third kappa shape index (κ3) is 4.29. The van der Waals surface area contributed by atoms with Crippen molar-refractivity contribution in [2.45, 2.75) is 43.9 Å². The first-order chi connectivity index (χ1) is 8.79. The first-order valence-electron chi connectivity index (χ1n) is 6.22. The predicted octanol–water partition coefficient (Wildman–Crippen LogP) is 2.01. The Labute approximate surface area is 118 Å². The van der Waals surface area contributed by atoms with Gasteiger partial charge >= 0.3 is 0 Å². The van der Waals surface area contributed by atoms with Crippen LogP contribution in [0.5, 0.6) is 0 Å². The zero-order valence-electron chi connectivity index (χ0n) is 11.3. The number of nitrogens with one attached hydrogen (secondary N) is 1. The van der Waals surface area contributed by atoms with E-state index in [1.807, 2.05) is 20.8 Å². The van der Waals surface area contributed by atoms with Crippen LogP contribution in [0.25, 0.3) is 0 Å². The average Bonchev–Trinajstić information content (AvgIpc) is 2.79. The second kappa shape index (κ2) is 6.49. The van der Waals surface area contributed by atoms with Crippen LogP contribution in [0.3, 0.4) is 0 Å². The molecule has 0 spiro atoms. The van der Waals surface area contributed by atoms with E-state index < -0.39 is 10.0 Å². The Morgan fingerprint density at radius 1 is 1.37 bits per heavy atom. The Kier molecular flexibility index (Phi) is 5.51. The largest absolute Gasteiger partial charge is 0.349 e. The number of nitrogens with two attached hydrogens (primary N) is 1. The minimum Gasteiger partial charge on any atom is -0.349 e. The number of carbonyl (C=O) groups excluding carboxylic acids is 1. The molecule has 3 N–H and O–H groups in total. The van der Waals surface area contributed by atoms with E-state index in [0.717, 1.165) is 29.1 Å². The summed E-state index contributed by atoms with van der Waals surface area (Å²) in [7, 11) is -3.66. The fourth-order valence-electron chi connectivity index (χ4n) is 1.78. The summed E-state index contributed by atoms with van der Waals surface area (Å²) >= 11 is 1.09. The van der Waals surface area contributed by atoms with E-state index in [1.165, 1.54) is 6.07 Å². The molecule has 108 valence electrons. The van der Waals surface area contributed by atoms with E-state index >= 15 is 0 Å². The standard InChI is InChI=1S/C12H20N2O3S2/c1-4-9(5-2)12(15)14-8(3)10-6-7-11(18-10)19(13,16)17/h6-9H,4-5H2,1-3H3,(H,14,15)(H2,13,16,17). The van der Waals surface area contributed by atoms with Crippen LogP contribution in [-0.4, -0.2) is 14.3 Å². The zero-order valence-corrected chi connectivity index (χ0v) is 13.0. The van der Waals surface area contributed by atoms with Crippen LogP contribution in [0.4, 0.5) is 0 Å². The molecule has 0 saturated carbocycles. The molecule has 7 heteroatoms. The van der Waals surface area contributed by atoms with Crippen molar-refractivity contribution < 1.29 is 13.2 Å². The highest BCUT2D eigenvalue weighted by molar-refractivity contribution is 7.91. The lowest BCUT2D eigenvalue weighted by atomic mass is 10.0. The fraction of sp³-hybridized carbons (Fsp3) is 0.583. The molecule has 1 aromatic heterocycles. The van der Waals surface area contributed by atoms with Gasteiger partial charge in [0, 0.05) is 10.8 Å². The number of thiophene rings is 1. The number of hydrogen-bond donors (Lipinski definition) is 2.